The summed E-state index contributed by atoms with van der Waals surface area (Å²) in [5.74, 6) is -0.0117. The molecule has 1 aromatic heterocycles. The van der Waals surface area contributed by atoms with Crippen molar-refractivity contribution in [2.24, 2.45) is 5.73 Å². The molecule has 0 bridgehead atoms. The predicted octanol–water partition coefficient (Wildman–Crippen LogP) is 3.91. The van der Waals surface area contributed by atoms with Crippen LogP contribution in [0.25, 0.3) is 11.0 Å². The van der Waals surface area contributed by atoms with Crippen molar-refractivity contribution in [3.05, 3.63) is 64.3 Å². The van der Waals surface area contributed by atoms with Crippen molar-refractivity contribution in [3.63, 3.8) is 0 Å². The fourth-order valence-corrected chi connectivity index (χ4v) is 2.57. The second-order valence-corrected chi connectivity index (χ2v) is 5.48. The average molecular weight is 345 g/mol. The van der Waals surface area contributed by atoms with Crippen molar-refractivity contribution >= 4 is 38.5 Å². The van der Waals surface area contributed by atoms with Gasteiger partial charge in [0.2, 0.25) is 0 Å². The second kappa shape index (κ2) is 5.71. The Morgan fingerprint density at radius 3 is 2.76 bits per heavy atom. The summed E-state index contributed by atoms with van der Waals surface area (Å²) >= 11 is 3.41. The molecule has 1 heterocycles. The summed E-state index contributed by atoms with van der Waals surface area (Å²) in [5, 5.41) is 3.69. The number of nitrogens with two attached hydrogens (primary N) is 1. The van der Waals surface area contributed by atoms with Crippen molar-refractivity contribution in [1.29, 1.82) is 0 Å². The molecule has 106 valence electrons. The summed E-state index contributed by atoms with van der Waals surface area (Å²) in [5.41, 5.74) is 7.91. The fourth-order valence-electron chi connectivity index (χ4n) is 2.11. The third-order valence-electron chi connectivity index (χ3n) is 3.14. The quantitative estimate of drug-likeness (QED) is 0.756. The van der Waals surface area contributed by atoms with Crippen molar-refractivity contribution in [2.45, 2.75) is 6.54 Å². The van der Waals surface area contributed by atoms with Crippen molar-refractivity contribution in [2.75, 3.05) is 5.32 Å². The molecule has 21 heavy (non-hydrogen) atoms. The number of para-hydroxylation sites is 1. The Morgan fingerprint density at radius 2 is 2.00 bits per heavy atom. The standard InChI is InChI=1S/C16H13BrN2O2/c17-13-6-2-4-11-8-14(21-15(11)13)16(20)19-12-5-1-3-10(7-12)9-18/h1-8H,9,18H2,(H,19,20). The molecule has 3 rings (SSSR count). The molecule has 2 aromatic carbocycles. The molecule has 0 radical (unpaired) electrons. The highest BCUT2D eigenvalue weighted by atomic mass is 79.9. The molecule has 0 fully saturated rings. The molecule has 0 atom stereocenters. The lowest BCUT2D eigenvalue weighted by atomic mass is 10.2. The second-order valence-electron chi connectivity index (χ2n) is 4.63. The smallest absolute Gasteiger partial charge is 0.291 e. The van der Waals surface area contributed by atoms with Gasteiger partial charge in [-0.1, -0.05) is 24.3 Å². The summed E-state index contributed by atoms with van der Waals surface area (Å²) in [7, 11) is 0. The van der Waals surface area contributed by atoms with Gasteiger partial charge in [-0.15, -0.1) is 0 Å². The average Bonchev–Trinajstić information content (AvgIpc) is 2.93. The molecule has 0 spiro atoms. The number of hydrogen-bond donors (Lipinski definition) is 2. The van der Waals surface area contributed by atoms with E-state index in [9.17, 15) is 4.79 Å². The van der Waals surface area contributed by atoms with Crippen LogP contribution in [-0.2, 0) is 6.54 Å². The lowest BCUT2D eigenvalue weighted by Gasteiger charge is -2.04. The van der Waals surface area contributed by atoms with E-state index in [1.54, 1.807) is 6.07 Å². The van der Waals surface area contributed by atoms with Crippen LogP contribution in [0.15, 0.2) is 57.4 Å². The van der Waals surface area contributed by atoms with E-state index in [1.807, 2.05) is 42.5 Å². The Kier molecular flexibility index (Phi) is 3.77. The number of carbonyl (C=O) groups is 1. The number of fused-ring (bicyclic) bond motifs is 1. The number of carbonyl (C=O) groups excluding carboxylic acids is 1. The zero-order valence-corrected chi connectivity index (χ0v) is 12.7. The lowest BCUT2D eigenvalue weighted by molar-refractivity contribution is 0.0998. The van der Waals surface area contributed by atoms with Gasteiger partial charge in [0, 0.05) is 17.6 Å². The SMILES string of the molecule is NCc1cccc(NC(=O)c2cc3cccc(Br)c3o2)c1. The van der Waals surface area contributed by atoms with Gasteiger partial charge < -0.3 is 15.5 Å². The van der Waals surface area contributed by atoms with Crippen LogP contribution in [0.1, 0.15) is 16.1 Å². The normalized spacial score (nSPS) is 10.8. The first kappa shape index (κ1) is 13.9. The third-order valence-corrected chi connectivity index (χ3v) is 3.76. The van der Waals surface area contributed by atoms with Crippen LogP contribution in [0.5, 0.6) is 0 Å². The van der Waals surface area contributed by atoms with Gasteiger partial charge in [0.25, 0.3) is 5.91 Å². The predicted molar refractivity (Wildman–Crippen MR) is 86.2 cm³/mol. The Morgan fingerprint density at radius 1 is 1.19 bits per heavy atom. The molecule has 0 aliphatic rings. The highest BCUT2D eigenvalue weighted by Crippen LogP contribution is 2.27. The minimum Gasteiger partial charge on any atom is -0.450 e. The first-order valence-electron chi connectivity index (χ1n) is 6.46. The largest absolute Gasteiger partial charge is 0.450 e. The topological polar surface area (TPSA) is 68.3 Å². The first-order valence-corrected chi connectivity index (χ1v) is 7.25. The molecule has 3 N–H and O–H groups in total. The summed E-state index contributed by atoms with van der Waals surface area (Å²) in [6.07, 6.45) is 0. The summed E-state index contributed by atoms with van der Waals surface area (Å²) in [6.45, 7) is 0.432. The molecular weight excluding hydrogens is 332 g/mol. The van der Waals surface area contributed by atoms with E-state index in [2.05, 4.69) is 21.2 Å². The van der Waals surface area contributed by atoms with Gasteiger partial charge in [0.05, 0.1) is 4.47 Å². The highest BCUT2D eigenvalue weighted by molar-refractivity contribution is 9.10. The van der Waals surface area contributed by atoms with Crippen LogP contribution in [0.3, 0.4) is 0 Å². The van der Waals surface area contributed by atoms with E-state index in [1.165, 1.54) is 0 Å². The van der Waals surface area contributed by atoms with E-state index >= 15 is 0 Å². The maximum Gasteiger partial charge on any atom is 0.291 e. The third kappa shape index (κ3) is 2.84. The van der Waals surface area contributed by atoms with Gasteiger partial charge in [-0.25, -0.2) is 0 Å². The van der Waals surface area contributed by atoms with E-state index < -0.39 is 0 Å². The van der Waals surface area contributed by atoms with Gasteiger partial charge in [0.15, 0.2) is 5.76 Å². The Bertz CT molecular complexity index is 811. The molecule has 0 unspecified atom stereocenters. The van der Waals surface area contributed by atoms with Crippen LogP contribution in [0, 0.1) is 0 Å². The molecule has 0 aliphatic carbocycles. The first-order chi connectivity index (χ1) is 10.2. The van der Waals surface area contributed by atoms with E-state index in [0.29, 0.717) is 17.8 Å². The highest BCUT2D eigenvalue weighted by Gasteiger charge is 2.14. The number of hydrogen-bond acceptors (Lipinski definition) is 3. The Balaban J connectivity index is 1.88. The van der Waals surface area contributed by atoms with Crippen molar-refractivity contribution < 1.29 is 9.21 Å². The van der Waals surface area contributed by atoms with E-state index in [4.69, 9.17) is 10.2 Å². The zero-order chi connectivity index (χ0) is 14.8. The van der Waals surface area contributed by atoms with Gasteiger partial charge in [0.1, 0.15) is 5.58 Å². The van der Waals surface area contributed by atoms with Gasteiger partial charge in [-0.05, 0) is 45.8 Å². The Hall–Kier alpha value is -2.11. The molecule has 1 amide bonds. The molecule has 0 saturated carbocycles. The van der Waals surface area contributed by atoms with Gasteiger partial charge in [-0.3, -0.25) is 4.79 Å². The lowest BCUT2D eigenvalue weighted by Crippen LogP contribution is -2.11. The Labute approximate surface area is 130 Å². The van der Waals surface area contributed by atoms with E-state index in [0.717, 1.165) is 15.4 Å². The number of halogens is 1. The number of furan rings is 1. The number of anilines is 1. The molecule has 4 nitrogen and oxygen atoms in total. The number of amides is 1. The summed E-state index contributed by atoms with van der Waals surface area (Å²) < 4.78 is 6.43. The number of nitrogens with one attached hydrogen (secondary N) is 1. The summed E-state index contributed by atoms with van der Waals surface area (Å²) in [6, 6.07) is 14.8. The van der Waals surface area contributed by atoms with E-state index in [-0.39, 0.29) is 11.7 Å². The number of benzene rings is 2. The van der Waals surface area contributed by atoms with Crippen molar-refractivity contribution in [1.82, 2.24) is 0 Å². The van der Waals surface area contributed by atoms with Crippen LogP contribution in [0.4, 0.5) is 5.69 Å². The molecule has 0 aliphatic heterocycles. The fraction of sp³-hybridized carbons (Fsp3) is 0.0625. The zero-order valence-electron chi connectivity index (χ0n) is 11.1. The molecular formula is C16H13BrN2O2. The van der Waals surface area contributed by atoms with Crippen LogP contribution < -0.4 is 11.1 Å². The monoisotopic (exact) mass is 344 g/mol. The molecule has 0 saturated heterocycles. The summed E-state index contributed by atoms with van der Waals surface area (Å²) in [4.78, 5) is 12.2. The molecule has 5 heteroatoms. The van der Waals surface area contributed by atoms with Gasteiger partial charge >= 0.3 is 0 Å². The minimum atomic E-state index is -0.285. The van der Waals surface area contributed by atoms with Gasteiger partial charge in [-0.2, -0.15) is 0 Å². The minimum absolute atomic E-state index is 0.273. The molecule has 3 aromatic rings. The maximum absolute atomic E-state index is 12.2. The van der Waals surface area contributed by atoms with Crippen molar-refractivity contribution in [3.8, 4) is 0 Å². The maximum atomic E-state index is 12.2. The van der Waals surface area contributed by atoms with Crippen LogP contribution >= 0.6 is 15.9 Å². The number of rotatable bonds is 3. The van der Waals surface area contributed by atoms with Crippen LogP contribution in [-0.4, -0.2) is 5.91 Å². The van der Waals surface area contributed by atoms with Crippen LogP contribution in [0.2, 0.25) is 0 Å².